The molecule has 2 N–H and O–H groups in total. The number of carbonyl (C=O) groups is 1. The van der Waals surface area contributed by atoms with Crippen LogP contribution in [0, 0.1) is 11.6 Å². The van der Waals surface area contributed by atoms with Gasteiger partial charge in [0, 0.05) is 0 Å². The average molecular weight is 255 g/mol. The fourth-order valence-corrected chi connectivity index (χ4v) is 2.30. The van der Waals surface area contributed by atoms with Gasteiger partial charge in [0.05, 0.1) is 17.7 Å². The van der Waals surface area contributed by atoms with Gasteiger partial charge >= 0.3 is 0 Å². The van der Waals surface area contributed by atoms with Gasteiger partial charge in [0.15, 0.2) is 11.6 Å². The van der Waals surface area contributed by atoms with Gasteiger partial charge in [-0.15, -0.1) is 0 Å². The second-order valence-electron chi connectivity index (χ2n) is 4.76. The minimum atomic E-state index is -1.08. The smallest absolute Gasteiger partial charge is 0.227 e. The lowest BCUT2D eigenvalue weighted by molar-refractivity contribution is -0.120. The van der Waals surface area contributed by atoms with Crippen LogP contribution in [0.1, 0.15) is 32.1 Å². The van der Waals surface area contributed by atoms with Crippen molar-refractivity contribution in [1.29, 1.82) is 0 Å². The number of halogens is 2. The lowest BCUT2D eigenvalue weighted by atomic mass is 9.97. The van der Waals surface area contributed by atoms with Gasteiger partial charge in [-0.25, -0.2) is 8.78 Å². The van der Waals surface area contributed by atoms with Crippen molar-refractivity contribution in [2.45, 2.75) is 37.7 Å². The predicted octanol–water partition coefficient (Wildman–Crippen LogP) is 2.60. The molecule has 0 unspecified atom stereocenters. The summed E-state index contributed by atoms with van der Waals surface area (Å²) in [5.41, 5.74) is -1.19. The van der Waals surface area contributed by atoms with Crippen LogP contribution >= 0.6 is 0 Å². The van der Waals surface area contributed by atoms with Crippen molar-refractivity contribution in [1.82, 2.24) is 0 Å². The number of aliphatic hydroxyl groups is 1. The van der Waals surface area contributed by atoms with Gasteiger partial charge in [-0.2, -0.15) is 0 Å². The minimum Gasteiger partial charge on any atom is -0.389 e. The Morgan fingerprint density at radius 2 is 2.00 bits per heavy atom. The maximum Gasteiger partial charge on any atom is 0.227 e. The molecule has 0 saturated heterocycles. The fourth-order valence-electron chi connectivity index (χ4n) is 2.30. The Hall–Kier alpha value is -1.49. The van der Waals surface area contributed by atoms with Gasteiger partial charge in [-0.1, -0.05) is 18.9 Å². The Kier molecular flexibility index (Phi) is 3.61. The molecule has 0 atom stereocenters. The van der Waals surface area contributed by atoms with E-state index in [0.717, 1.165) is 18.9 Å². The maximum atomic E-state index is 13.3. The van der Waals surface area contributed by atoms with E-state index in [1.807, 2.05) is 0 Å². The number of rotatable bonds is 3. The third kappa shape index (κ3) is 2.85. The first-order chi connectivity index (χ1) is 8.50. The molecule has 1 aromatic carbocycles. The van der Waals surface area contributed by atoms with E-state index in [9.17, 15) is 18.7 Å². The van der Waals surface area contributed by atoms with Crippen LogP contribution in [0.25, 0.3) is 0 Å². The van der Waals surface area contributed by atoms with Crippen LogP contribution in [0.15, 0.2) is 18.2 Å². The molecular weight excluding hydrogens is 240 g/mol. The van der Waals surface area contributed by atoms with Gasteiger partial charge in [0.25, 0.3) is 0 Å². The standard InChI is InChI=1S/C13H15F2NO2/c14-9-4-3-5-10(12(9)15)16-11(17)8-13(18)6-1-2-7-13/h3-5,18H,1-2,6-8H2,(H,16,17). The Morgan fingerprint density at radius 1 is 1.33 bits per heavy atom. The van der Waals surface area contributed by atoms with Crippen molar-refractivity contribution in [3.05, 3.63) is 29.8 Å². The van der Waals surface area contributed by atoms with Crippen LogP contribution < -0.4 is 5.32 Å². The first-order valence-electron chi connectivity index (χ1n) is 5.96. The number of anilines is 1. The fraction of sp³-hybridized carbons (Fsp3) is 0.462. The van der Waals surface area contributed by atoms with Crippen molar-refractivity contribution < 1.29 is 18.7 Å². The molecular formula is C13H15F2NO2. The Balaban J connectivity index is 2.01. The minimum absolute atomic E-state index is 0.0804. The average Bonchev–Trinajstić information content (AvgIpc) is 2.71. The molecule has 0 spiro atoms. The molecule has 1 aliphatic carbocycles. The molecule has 98 valence electrons. The first-order valence-corrected chi connectivity index (χ1v) is 5.96. The van der Waals surface area contributed by atoms with Gasteiger partial charge < -0.3 is 10.4 Å². The number of hydrogen-bond donors (Lipinski definition) is 2. The monoisotopic (exact) mass is 255 g/mol. The molecule has 0 bridgehead atoms. The van der Waals surface area contributed by atoms with E-state index in [1.165, 1.54) is 12.1 Å². The zero-order valence-corrected chi connectivity index (χ0v) is 9.88. The maximum absolute atomic E-state index is 13.3. The molecule has 18 heavy (non-hydrogen) atoms. The molecule has 1 aliphatic rings. The van der Waals surface area contributed by atoms with Crippen LogP contribution in [0.3, 0.4) is 0 Å². The van der Waals surface area contributed by atoms with Crippen molar-refractivity contribution in [2.75, 3.05) is 5.32 Å². The summed E-state index contributed by atoms with van der Waals surface area (Å²) in [7, 11) is 0. The van der Waals surface area contributed by atoms with Gasteiger partial charge in [-0.3, -0.25) is 4.79 Å². The zero-order chi connectivity index (χ0) is 13.2. The molecule has 0 aliphatic heterocycles. The van der Waals surface area contributed by atoms with E-state index in [2.05, 4.69) is 5.32 Å². The summed E-state index contributed by atoms with van der Waals surface area (Å²) in [6.45, 7) is 0. The van der Waals surface area contributed by atoms with Crippen molar-refractivity contribution in [2.24, 2.45) is 0 Å². The van der Waals surface area contributed by atoms with E-state index in [1.54, 1.807) is 0 Å². The lowest BCUT2D eigenvalue weighted by Gasteiger charge is -2.21. The summed E-state index contributed by atoms with van der Waals surface area (Å²) in [4.78, 5) is 11.7. The SMILES string of the molecule is O=C(CC1(O)CCCC1)Nc1cccc(F)c1F. The third-order valence-electron chi connectivity index (χ3n) is 3.25. The normalized spacial score (nSPS) is 17.7. The number of nitrogens with one attached hydrogen (secondary N) is 1. The molecule has 0 aromatic heterocycles. The number of carbonyl (C=O) groups excluding carboxylic acids is 1. The first kappa shape index (κ1) is 13.0. The molecule has 1 aromatic rings. The van der Waals surface area contributed by atoms with Gasteiger partial charge in [-0.05, 0) is 25.0 Å². The van der Waals surface area contributed by atoms with Crippen molar-refractivity contribution >= 4 is 11.6 Å². The van der Waals surface area contributed by atoms with E-state index in [-0.39, 0.29) is 12.1 Å². The quantitative estimate of drug-likeness (QED) is 0.872. The molecule has 2 rings (SSSR count). The predicted molar refractivity (Wildman–Crippen MR) is 63.0 cm³/mol. The topological polar surface area (TPSA) is 49.3 Å². The largest absolute Gasteiger partial charge is 0.389 e. The van der Waals surface area contributed by atoms with Crippen LogP contribution in [0.5, 0.6) is 0 Å². The second-order valence-corrected chi connectivity index (χ2v) is 4.76. The second kappa shape index (κ2) is 5.02. The summed E-state index contributed by atoms with van der Waals surface area (Å²) < 4.78 is 26.3. The summed E-state index contributed by atoms with van der Waals surface area (Å²) >= 11 is 0. The number of benzene rings is 1. The third-order valence-corrected chi connectivity index (χ3v) is 3.25. The molecule has 1 saturated carbocycles. The highest BCUT2D eigenvalue weighted by atomic mass is 19.2. The molecule has 3 nitrogen and oxygen atoms in total. The highest BCUT2D eigenvalue weighted by Crippen LogP contribution is 2.32. The van der Waals surface area contributed by atoms with Crippen LogP contribution in [0.4, 0.5) is 14.5 Å². The molecule has 0 heterocycles. The molecule has 0 radical (unpaired) electrons. The number of amides is 1. The summed E-state index contributed by atoms with van der Waals surface area (Å²) in [5, 5.41) is 12.3. The van der Waals surface area contributed by atoms with E-state index < -0.39 is 23.1 Å². The van der Waals surface area contributed by atoms with E-state index in [0.29, 0.717) is 12.8 Å². The zero-order valence-electron chi connectivity index (χ0n) is 9.88. The van der Waals surface area contributed by atoms with Crippen LogP contribution in [0.2, 0.25) is 0 Å². The van der Waals surface area contributed by atoms with E-state index in [4.69, 9.17) is 0 Å². The molecule has 1 fully saturated rings. The van der Waals surface area contributed by atoms with Crippen molar-refractivity contribution in [3.8, 4) is 0 Å². The van der Waals surface area contributed by atoms with Crippen LogP contribution in [-0.4, -0.2) is 16.6 Å². The summed E-state index contributed by atoms with van der Waals surface area (Å²) in [5.74, 6) is -2.58. The summed E-state index contributed by atoms with van der Waals surface area (Å²) in [6, 6.07) is 3.59. The van der Waals surface area contributed by atoms with Gasteiger partial charge in [0.2, 0.25) is 5.91 Å². The Morgan fingerprint density at radius 3 is 2.67 bits per heavy atom. The Bertz CT molecular complexity index is 456. The summed E-state index contributed by atoms with van der Waals surface area (Å²) in [6.07, 6.45) is 2.84. The molecule has 1 amide bonds. The highest BCUT2D eigenvalue weighted by Gasteiger charge is 2.33. The lowest BCUT2D eigenvalue weighted by Crippen LogP contribution is -2.31. The van der Waals surface area contributed by atoms with Gasteiger partial charge in [0.1, 0.15) is 0 Å². The van der Waals surface area contributed by atoms with Crippen molar-refractivity contribution in [3.63, 3.8) is 0 Å². The van der Waals surface area contributed by atoms with E-state index >= 15 is 0 Å². The Labute approximate surface area is 104 Å². The number of hydrogen-bond acceptors (Lipinski definition) is 2. The van der Waals surface area contributed by atoms with Crippen LogP contribution in [-0.2, 0) is 4.79 Å². The highest BCUT2D eigenvalue weighted by molar-refractivity contribution is 5.91. The molecule has 5 heteroatoms.